The van der Waals surface area contributed by atoms with Gasteiger partial charge >= 0.3 is 35.0 Å². The fourth-order valence-electron chi connectivity index (χ4n) is 6.76. The van der Waals surface area contributed by atoms with Gasteiger partial charge in [-0.3, -0.25) is 0 Å². The molecule has 3 aliphatic heterocycles. The predicted molar refractivity (Wildman–Crippen MR) is 213 cm³/mol. The topological polar surface area (TPSA) is 261 Å². The van der Waals surface area contributed by atoms with E-state index >= 15 is 0 Å². The first kappa shape index (κ1) is 44.2. The number of hydrogen-bond acceptors (Lipinski definition) is 18. The Hall–Kier alpha value is -6.84. The minimum atomic E-state index is -1.71. The molecule has 3 aromatic carbocycles. The fourth-order valence-corrected chi connectivity index (χ4v) is 6.76. The molecule has 3 N–H and O–H groups in total. The molecule has 4 aromatic rings. The standard InChI is InChI=1S/C42H45N3O18/c1-40(2)58-28-10-7-22(13-31(28)61-40)34(49)55-19-25(46)16-43-37(52)44(17-26(47)20-56-35(50)23-8-11-29-32(14-23)62-41(3,4)59-29)39(54)45(38(43)53)18-27(48)21-57-36(51)24-9-12-30-33(15-24)63-42(5,6)60-30/h7-15,25-27,46-48H,16-21H2,1-6H3. The monoisotopic (exact) mass is 879 g/mol. The molecule has 21 nitrogen and oxygen atoms in total. The summed E-state index contributed by atoms with van der Waals surface area (Å²) in [5, 5.41) is 32.7. The van der Waals surface area contributed by atoms with Gasteiger partial charge < -0.3 is 58.0 Å². The Balaban J connectivity index is 1.06. The van der Waals surface area contributed by atoms with Crippen LogP contribution in [-0.2, 0) is 33.8 Å². The quantitative estimate of drug-likeness (QED) is 0.112. The number of carbonyl (C=O) groups is 3. The van der Waals surface area contributed by atoms with Crippen molar-refractivity contribution in [2.75, 3.05) is 19.8 Å². The number of carbonyl (C=O) groups excluding carboxylic acids is 3. The normalized spacial score (nSPS) is 17.1. The van der Waals surface area contributed by atoms with Crippen molar-refractivity contribution in [1.29, 1.82) is 0 Å². The van der Waals surface area contributed by atoms with Gasteiger partial charge in [0.25, 0.3) is 0 Å². The minimum Gasteiger partial charge on any atom is -0.459 e. The van der Waals surface area contributed by atoms with Crippen molar-refractivity contribution in [3.8, 4) is 34.5 Å². The van der Waals surface area contributed by atoms with E-state index in [1.165, 1.54) is 54.6 Å². The van der Waals surface area contributed by atoms with Gasteiger partial charge in [-0.25, -0.2) is 42.5 Å². The molecular formula is C42H45N3O18. The van der Waals surface area contributed by atoms with Crippen molar-refractivity contribution in [2.45, 2.75) is 96.8 Å². The van der Waals surface area contributed by atoms with Crippen LogP contribution in [0.5, 0.6) is 34.5 Å². The molecule has 0 bridgehead atoms. The van der Waals surface area contributed by atoms with Crippen LogP contribution >= 0.6 is 0 Å². The van der Waals surface area contributed by atoms with Crippen LogP contribution in [0.4, 0.5) is 0 Å². The number of benzene rings is 3. The van der Waals surface area contributed by atoms with Gasteiger partial charge in [0.15, 0.2) is 34.5 Å². The number of aliphatic hydroxyl groups is 3. The van der Waals surface area contributed by atoms with E-state index in [9.17, 15) is 44.1 Å². The van der Waals surface area contributed by atoms with Crippen LogP contribution in [0, 0.1) is 0 Å². The summed E-state index contributed by atoms with van der Waals surface area (Å²) >= 11 is 0. The second-order valence-corrected chi connectivity index (χ2v) is 16.2. The molecular weight excluding hydrogens is 834 g/mol. The van der Waals surface area contributed by atoms with E-state index in [1.807, 2.05) is 0 Å². The maximum Gasteiger partial charge on any atom is 0.338 e. The Morgan fingerprint density at radius 2 is 0.698 bits per heavy atom. The van der Waals surface area contributed by atoms with E-state index in [4.69, 9.17) is 42.6 Å². The molecule has 0 saturated heterocycles. The molecule has 336 valence electrons. The van der Waals surface area contributed by atoms with Crippen LogP contribution in [0.1, 0.15) is 72.6 Å². The molecule has 7 rings (SSSR count). The molecule has 0 aliphatic carbocycles. The molecule has 0 radical (unpaired) electrons. The SMILES string of the molecule is CC1(C)Oc2ccc(C(=O)OCC(O)Cn3c(=O)n(CC(O)COC(=O)c4ccc5c(c4)OC(C)(C)O5)c(=O)n(CC(O)COC(=O)c4ccc5c(c4)OC(C)(C)O5)c3=O)cc2O1. The first-order valence-electron chi connectivity index (χ1n) is 19.6. The Bertz CT molecular complexity index is 2330. The maximum atomic E-state index is 13.7. The maximum absolute atomic E-state index is 13.7. The van der Waals surface area contributed by atoms with Crippen molar-refractivity contribution in [2.24, 2.45) is 0 Å². The van der Waals surface area contributed by atoms with E-state index in [1.54, 1.807) is 41.5 Å². The molecule has 0 spiro atoms. The van der Waals surface area contributed by atoms with Gasteiger partial charge in [-0.05, 0) is 54.6 Å². The largest absolute Gasteiger partial charge is 0.459 e. The summed E-state index contributed by atoms with van der Waals surface area (Å²) in [7, 11) is 0. The molecule has 3 aliphatic rings. The molecule has 4 heterocycles. The van der Waals surface area contributed by atoms with Crippen LogP contribution in [-0.4, -0.2) is 102 Å². The van der Waals surface area contributed by atoms with Crippen LogP contribution < -0.4 is 45.5 Å². The predicted octanol–water partition coefficient (Wildman–Crippen LogP) is 1.35. The fraction of sp³-hybridized carbons (Fsp3) is 0.429. The van der Waals surface area contributed by atoms with Gasteiger partial charge in [0.1, 0.15) is 38.1 Å². The second-order valence-electron chi connectivity index (χ2n) is 16.2. The van der Waals surface area contributed by atoms with Crippen LogP contribution in [0.2, 0.25) is 0 Å². The van der Waals surface area contributed by atoms with Gasteiger partial charge in [-0.15, -0.1) is 0 Å². The lowest BCUT2D eigenvalue weighted by Crippen LogP contribution is -2.57. The zero-order valence-electron chi connectivity index (χ0n) is 35.0. The number of nitrogens with zero attached hydrogens (tertiary/aromatic N) is 3. The molecule has 21 heteroatoms. The smallest absolute Gasteiger partial charge is 0.338 e. The van der Waals surface area contributed by atoms with E-state index in [-0.39, 0.29) is 33.9 Å². The Morgan fingerprint density at radius 3 is 0.952 bits per heavy atom. The summed E-state index contributed by atoms with van der Waals surface area (Å²) in [4.78, 5) is 79.8. The lowest BCUT2D eigenvalue weighted by atomic mass is 10.2. The molecule has 0 saturated carbocycles. The highest BCUT2D eigenvalue weighted by atomic mass is 16.7. The van der Waals surface area contributed by atoms with Gasteiger partial charge in [-0.1, -0.05) is 0 Å². The van der Waals surface area contributed by atoms with Gasteiger partial charge in [0.05, 0.1) is 36.3 Å². The summed E-state index contributed by atoms with van der Waals surface area (Å²) in [5.74, 6) is -3.49. The lowest BCUT2D eigenvalue weighted by molar-refractivity contribution is -0.0437. The van der Waals surface area contributed by atoms with Crippen molar-refractivity contribution in [3.05, 3.63) is 103 Å². The van der Waals surface area contributed by atoms with Crippen LogP contribution in [0.3, 0.4) is 0 Å². The van der Waals surface area contributed by atoms with Crippen molar-refractivity contribution >= 4 is 17.9 Å². The lowest BCUT2D eigenvalue weighted by Gasteiger charge is -2.19. The molecule has 0 amide bonds. The second kappa shape index (κ2) is 16.8. The zero-order valence-corrected chi connectivity index (χ0v) is 35.0. The molecule has 1 aromatic heterocycles. The number of esters is 3. The van der Waals surface area contributed by atoms with Crippen molar-refractivity contribution in [1.82, 2.24) is 13.7 Å². The number of fused-ring (bicyclic) bond motifs is 3. The van der Waals surface area contributed by atoms with E-state index < -0.39 is 110 Å². The summed E-state index contributed by atoms with van der Waals surface area (Å²) in [6.45, 7) is 5.39. The summed E-state index contributed by atoms with van der Waals surface area (Å²) in [6.07, 6.45) is -5.12. The number of ether oxygens (including phenoxy) is 9. The number of rotatable bonds is 15. The molecule has 0 fully saturated rings. The average Bonchev–Trinajstić information content (AvgIpc) is 3.83. The summed E-state index contributed by atoms with van der Waals surface area (Å²) in [6, 6.07) is 12.9. The minimum absolute atomic E-state index is 0.0460. The first-order valence-corrected chi connectivity index (χ1v) is 19.6. The van der Waals surface area contributed by atoms with Gasteiger partial charge in [-0.2, -0.15) is 0 Å². The van der Waals surface area contributed by atoms with Gasteiger partial charge in [0, 0.05) is 41.5 Å². The zero-order chi connectivity index (χ0) is 45.6. The van der Waals surface area contributed by atoms with E-state index in [0.29, 0.717) is 30.9 Å². The number of hydrogen-bond donors (Lipinski definition) is 3. The Kier molecular flexibility index (Phi) is 11.8. The summed E-state index contributed by atoms with van der Waals surface area (Å²) < 4.78 is 50.8. The van der Waals surface area contributed by atoms with Crippen LogP contribution in [0.25, 0.3) is 0 Å². The highest BCUT2D eigenvalue weighted by Gasteiger charge is 2.35. The van der Waals surface area contributed by atoms with E-state index in [0.717, 1.165) is 0 Å². The highest BCUT2D eigenvalue weighted by molar-refractivity contribution is 5.91. The number of aromatic nitrogens is 3. The third kappa shape index (κ3) is 9.95. The average molecular weight is 880 g/mol. The highest BCUT2D eigenvalue weighted by Crippen LogP contribution is 2.41. The Morgan fingerprint density at radius 1 is 0.460 bits per heavy atom. The van der Waals surface area contributed by atoms with E-state index in [2.05, 4.69) is 0 Å². The molecule has 63 heavy (non-hydrogen) atoms. The molecule has 3 unspecified atom stereocenters. The van der Waals surface area contributed by atoms with Crippen molar-refractivity contribution < 1.29 is 72.3 Å². The first-order chi connectivity index (χ1) is 29.6. The third-order valence-corrected chi connectivity index (χ3v) is 9.46. The van der Waals surface area contributed by atoms with Gasteiger partial charge in [0.2, 0.25) is 17.4 Å². The van der Waals surface area contributed by atoms with Crippen molar-refractivity contribution in [3.63, 3.8) is 0 Å². The molecule has 3 atom stereocenters. The Labute approximate surface area is 357 Å². The van der Waals surface area contributed by atoms with Crippen LogP contribution in [0.15, 0.2) is 69.0 Å². The summed E-state index contributed by atoms with van der Waals surface area (Å²) in [5.41, 5.74) is -3.78. The third-order valence-electron chi connectivity index (χ3n) is 9.46. The number of aliphatic hydroxyl groups excluding tert-OH is 3.